The highest BCUT2D eigenvalue weighted by Crippen LogP contribution is 2.60. The monoisotopic (exact) mass is 274 g/mol. The quantitative estimate of drug-likeness (QED) is 0.486. The smallest absolute Gasteiger partial charge is 0.350 e. The van der Waals surface area contributed by atoms with Crippen LogP contribution in [0.3, 0.4) is 0 Å². The molecule has 0 bridgehead atoms. The van der Waals surface area contributed by atoms with E-state index in [1.807, 2.05) is 0 Å². The van der Waals surface area contributed by atoms with Crippen molar-refractivity contribution in [2.45, 2.75) is 36.6 Å². The summed E-state index contributed by atoms with van der Waals surface area (Å²) in [5, 5.41) is 0. The first-order chi connectivity index (χ1) is 6.71. The number of alkyl halides is 8. The fraction of sp³-hybridized carbons (Fsp3) is 1.00. The Bertz CT molecular complexity index is 284. The molecule has 16 heavy (non-hydrogen) atoms. The van der Waals surface area contributed by atoms with E-state index in [2.05, 4.69) is 4.43 Å². The van der Waals surface area contributed by atoms with Crippen molar-refractivity contribution in [3.8, 4) is 0 Å². The highest BCUT2D eigenvalue weighted by atomic mass is 28.4. The molecule has 0 aliphatic carbocycles. The van der Waals surface area contributed by atoms with E-state index in [-0.39, 0.29) is 0 Å². The van der Waals surface area contributed by atoms with Crippen LogP contribution in [0.4, 0.5) is 35.1 Å². The highest BCUT2D eigenvalue weighted by molar-refractivity contribution is 6.74. The fourth-order valence-corrected chi connectivity index (χ4v) is 3.02. The maximum Gasteiger partial charge on any atom is 0.417 e. The summed E-state index contributed by atoms with van der Waals surface area (Å²) in [5.74, 6) is -12.4. The first-order valence-corrected chi connectivity index (χ1v) is 6.83. The van der Waals surface area contributed by atoms with Crippen LogP contribution >= 0.6 is 0 Å². The van der Waals surface area contributed by atoms with Gasteiger partial charge in [0.2, 0.25) is 0 Å². The zero-order valence-corrected chi connectivity index (χ0v) is 8.93. The molecule has 0 atom stereocenters. The maximum atomic E-state index is 13.0. The van der Waals surface area contributed by atoms with Crippen molar-refractivity contribution in [2.75, 3.05) is 0 Å². The average Bonchev–Trinajstić information content (AvgIpc) is 1.98. The second kappa shape index (κ2) is 2.89. The Morgan fingerprint density at radius 2 is 1.12 bits per heavy atom. The van der Waals surface area contributed by atoms with Gasteiger partial charge in [0.15, 0.2) is 0 Å². The summed E-state index contributed by atoms with van der Waals surface area (Å²) < 4.78 is 105. The second-order valence-corrected chi connectivity index (χ2v) is 7.71. The summed E-state index contributed by atoms with van der Waals surface area (Å²) in [6.45, 7) is 0.647. The highest BCUT2D eigenvalue weighted by Gasteiger charge is 2.90. The molecule has 1 aliphatic rings. The number of hydrogen-bond donors (Lipinski definition) is 0. The van der Waals surface area contributed by atoms with Crippen molar-refractivity contribution in [2.24, 2.45) is 0 Å². The van der Waals surface area contributed by atoms with Crippen molar-refractivity contribution in [3.05, 3.63) is 0 Å². The van der Waals surface area contributed by atoms with Gasteiger partial charge >= 0.3 is 23.5 Å². The van der Waals surface area contributed by atoms with Gasteiger partial charge in [-0.3, -0.25) is 0 Å². The van der Waals surface area contributed by atoms with E-state index in [1.54, 1.807) is 0 Å². The van der Waals surface area contributed by atoms with Crippen molar-refractivity contribution in [1.29, 1.82) is 0 Å². The molecular weight excluding hydrogens is 268 g/mol. The van der Waals surface area contributed by atoms with Gasteiger partial charge in [0.05, 0.1) is 0 Å². The van der Waals surface area contributed by atoms with Gasteiger partial charge in [0.1, 0.15) is 0 Å². The molecule has 96 valence electrons. The van der Waals surface area contributed by atoms with E-state index < -0.39 is 31.8 Å². The molecule has 0 aromatic rings. The number of hydrogen-bond acceptors (Lipinski definition) is 1. The molecule has 1 aliphatic heterocycles. The SMILES string of the molecule is C[Si]1(C)OC(F)(F)C(F)(F)C(F)(F)C1(F)F. The van der Waals surface area contributed by atoms with Gasteiger partial charge in [-0.05, 0) is 13.1 Å². The van der Waals surface area contributed by atoms with Crippen LogP contribution in [0.5, 0.6) is 0 Å². The van der Waals surface area contributed by atoms with Gasteiger partial charge in [-0.1, -0.05) is 0 Å². The summed E-state index contributed by atoms with van der Waals surface area (Å²) in [6, 6.07) is 0. The molecule has 1 saturated heterocycles. The van der Waals surface area contributed by atoms with Crippen LogP contribution in [-0.2, 0) is 4.43 Å². The summed E-state index contributed by atoms with van der Waals surface area (Å²) >= 11 is 0. The predicted octanol–water partition coefficient (Wildman–Crippen LogP) is 3.26. The summed E-state index contributed by atoms with van der Waals surface area (Å²) in [6.07, 6.45) is -5.60. The lowest BCUT2D eigenvalue weighted by Crippen LogP contribution is -2.77. The molecule has 0 radical (unpaired) electrons. The topological polar surface area (TPSA) is 9.23 Å². The molecule has 10 heteroatoms. The molecule has 1 fully saturated rings. The Morgan fingerprint density at radius 1 is 0.750 bits per heavy atom. The van der Waals surface area contributed by atoms with Gasteiger partial charge in [-0.25, -0.2) is 8.78 Å². The molecule has 0 amide bonds. The standard InChI is InChI=1S/C6H6F8OSi/c1-16(2)6(13,14)4(9,10)3(7,8)5(11,12)15-16/h1-2H3. The van der Waals surface area contributed by atoms with Crippen molar-refractivity contribution in [3.63, 3.8) is 0 Å². The molecule has 0 saturated carbocycles. The lowest BCUT2D eigenvalue weighted by molar-refractivity contribution is -0.424. The molecule has 1 rings (SSSR count). The van der Waals surface area contributed by atoms with Gasteiger partial charge in [0, 0.05) is 0 Å². The molecule has 1 nitrogen and oxygen atoms in total. The minimum absolute atomic E-state index is 0.323. The average molecular weight is 274 g/mol. The van der Waals surface area contributed by atoms with E-state index in [0.29, 0.717) is 13.1 Å². The van der Waals surface area contributed by atoms with E-state index in [4.69, 9.17) is 0 Å². The Kier molecular flexibility index (Phi) is 2.47. The molecule has 0 aromatic carbocycles. The molecular formula is C6H6F8OSi. The minimum atomic E-state index is -6.24. The summed E-state index contributed by atoms with van der Waals surface area (Å²) in [7, 11) is -4.99. The van der Waals surface area contributed by atoms with Crippen LogP contribution < -0.4 is 0 Å². The lowest BCUT2D eigenvalue weighted by atomic mass is 10.1. The lowest BCUT2D eigenvalue weighted by Gasteiger charge is -2.48. The number of halogens is 8. The predicted molar refractivity (Wildman–Crippen MR) is 38.4 cm³/mol. The van der Waals surface area contributed by atoms with Crippen molar-refractivity contribution >= 4 is 8.32 Å². The third-order valence-electron chi connectivity index (χ3n) is 2.29. The fourth-order valence-electron chi connectivity index (χ4n) is 1.21. The zero-order valence-electron chi connectivity index (χ0n) is 7.93. The van der Waals surface area contributed by atoms with Crippen LogP contribution in [0, 0.1) is 0 Å². The molecule has 0 spiro atoms. The summed E-state index contributed by atoms with van der Waals surface area (Å²) in [5.41, 5.74) is -5.29. The van der Waals surface area contributed by atoms with Gasteiger partial charge < -0.3 is 4.43 Å². The van der Waals surface area contributed by atoms with E-state index in [0.717, 1.165) is 0 Å². The third-order valence-corrected chi connectivity index (χ3v) is 4.89. The third kappa shape index (κ3) is 1.25. The molecule has 0 aromatic heterocycles. The Morgan fingerprint density at radius 3 is 1.50 bits per heavy atom. The van der Waals surface area contributed by atoms with Crippen LogP contribution in [0.15, 0.2) is 0 Å². The van der Waals surface area contributed by atoms with Crippen molar-refractivity contribution in [1.82, 2.24) is 0 Å². The molecule has 0 unspecified atom stereocenters. The van der Waals surface area contributed by atoms with E-state index >= 15 is 0 Å². The van der Waals surface area contributed by atoms with E-state index in [1.165, 1.54) is 0 Å². The Hall–Kier alpha value is -0.383. The van der Waals surface area contributed by atoms with Crippen molar-refractivity contribution < 1.29 is 39.5 Å². The van der Waals surface area contributed by atoms with Crippen LogP contribution in [0.25, 0.3) is 0 Å². The zero-order chi connectivity index (χ0) is 13.2. The van der Waals surface area contributed by atoms with Crippen LogP contribution in [0.2, 0.25) is 13.1 Å². The van der Waals surface area contributed by atoms with Gasteiger partial charge in [-0.15, -0.1) is 0 Å². The minimum Gasteiger partial charge on any atom is -0.350 e. The first-order valence-electron chi connectivity index (χ1n) is 3.92. The largest absolute Gasteiger partial charge is 0.417 e. The van der Waals surface area contributed by atoms with E-state index in [9.17, 15) is 35.1 Å². The second-order valence-electron chi connectivity index (χ2n) is 3.85. The number of rotatable bonds is 0. The Labute approximate surface area is 85.5 Å². The Balaban J connectivity index is 3.43. The maximum absolute atomic E-state index is 13.0. The van der Waals surface area contributed by atoms with Crippen LogP contribution in [-0.4, -0.2) is 31.8 Å². The summed E-state index contributed by atoms with van der Waals surface area (Å²) in [4.78, 5) is 0. The van der Waals surface area contributed by atoms with Gasteiger partial charge in [0.25, 0.3) is 8.32 Å². The van der Waals surface area contributed by atoms with Crippen LogP contribution in [0.1, 0.15) is 0 Å². The first kappa shape index (κ1) is 13.7. The van der Waals surface area contributed by atoms with Gasteiger partial charge in [-0.2, -0.15) is 26.3 Å². The molecule has 1 heterocycles. The molecule has 0 N–H and O–H groups in total. The normalized spacial score (nSPS) is 33.4.